The van der Waals surface area contributed by atoms with E-state index in [0.29, 0.717) is 12.6 Å². The molecule has 0 fully saturated rings. The number of aryl methyl sites for hydroxylation is 1. The molecule has 0 bridgehead atoms. The molecule has 2 heteroatoms. The lowest BCUT2D eigenvalue weighted by molar-refractivity contribution is 0.799. The second-order valence-electron chi connectivity index (χ2n) is 3.69. The summed E-state index contributed by atoms with van der Waals surface area (Å²) in [7, 11) is 0. The Bertz CT molecular complexity index is 271. The van der Waals surface area contributed by atoms with E-state index in [1.807, 2.05) is 0 Å². The minimum Gasteiger partial charge on any atom is -0.381 e. The zero-order valence-corrected chi connectivity index (χ0v) is 9.09. The van der Waals surface area contributed by atoms with Crippen molar-refractivity contribution in [3.05, 3.63) is 29.8 Å². The van der Waals surface area contributed by atoms with E-state index >= 15 is 0 Å². The van der Waals surface area contributed by atoms with Crippen LogP contribution in [0.5, 0.6) is 0 Å². The first-order valence-corrected chi connectivity index (χ1v) is 5.32. The van der Waals surface area contributed by atoms with Crippen molar-refractivity contribution in [2.45, 2.75) is 32.7 Å². The number of hydrogen-bond donors (Lipinski definition) is 2. The molecule has 0 heterocycles. The summed E-state index contributed by atoms with van der Waals surface area (Å²) < 4.78 is 0. The summed E-state index contributed by atoms with van der Waals surface area (Å²) in [5.74, 6) is 0. The monoisotopic (exact) mass is 192 g/mol. The molecule has 2 nitrogen and oxygen atoms in total. The molecular formula is C12H20N2. The van der Waals surface area contributed by atoms with Gasteiger partial charge in [-0.3, -0.25) is 0 Å². The highest BCUT2D eigenvalue weighted by Crippen LogP contribution is 2.17. The number of para-hydroxylation sites is 1. The number of nitrogens with two attached hydrogens (primary N) is 1. The van der Waals surface area contributed by atoms with E-state index in [0.717, 1.165) is 6.42 Å². The van der Waals surface area contributed by atoms with Crippen LogP contribution in [0.3, 0.4) is 0 Å². The Morgan fingerprint density at radius 2 is 2.07 bits per heavy atom. The predicted octanol–water partition coefficient (Wildman–Crippen LogP) is 2.40. The molecular weight excluding hydrogens is 172 g/mol. The molecule has 1 rings (SSSR count). The van der Waals surface area contributed by atoms with Crippen molar-refractivity contribution in [3.8, 4) is 0 Å². The highest BCUT2D eigenvalue weighted by Gasteiger charge is 2.03. The third-order valence-electron chi connectivity index (χ3n) is 2.29. The second-order valence-corrected chi connectivity index (χ2v) is 3.69. The van der Waals surface area contributed by atoms with Crippen LogP contribution in [-0.2, 0) is 6.42 Å². The van der Waals surface area contributed by atoms with Gasteiger partial charge in [-0.05, 0) is 25.0 Å². The van der Waals surface area contributed by atoms with Gasteiger partial charge in [0.1, 0.15) is 0 Å². The normalized spacial score (nSPS) is 12.5. The Morgan fingerprint density at radius 3 is 2.71 bits per heavy atom. The van der Waals surface area contributed by atoms with Crippen molar-refractivity contribution in [2.24, 2.45) is 5.73 Å². The lowest BCUT2D eigenvalue weighted by atomic mass is 10.1. The van der Waals surface area contributed by atoms with Gasteiger partial charge in [-0.15, -0.1) is 0 Å². The number of rotatable bonds is 5. The fourth-order valence-electron chi connectivity index (χ4n) is 1.47. The molecule has 0 saturated heterocycles. The van der Waals surface area contributed by atoms with Crippen LogP contribution in [0.15, 0.2) is 24.3 Å². The zero-order chi connectivity index (χ0) is 10.4. The van der Waals surface area contributed by atoms with Crippen molar-refractivity contribution in [1.82, 2.24) is 0 Å². The van der Waals surface area contributed by atoms with Gasteiger partial charge in [0.05, 0.1) is 0 Å². The molecule has 0 radical (unpaired) electrons. The zero-order valence-electron chi connectivity index (χ0n) is 9.09. The number of hydrogen-bond acceptors (Lipinski definition) is 2. The molecule has 0 amide bonds. The Morgan fingerprint density at radius 1 is 1.36 bits per heavy atom. The van der Waals surface area contributed by atoms with Crippen LogP contribution < -0.4 is 11.1 Å². The average molecular weight is 192 g/mol. The summed E-state index contributed by atoms with van der Waals surface area (Å²) >= 11 is 0. The second kappa shape index (κ2) is 5.66. The largest absolute Gasteiger partial charge is 0.381 e. The van der Waals surface area contributed by atoms with Crippen LogP contribution in [-0.4, -0.2) is 12.6 Å². The van der Waals surface area contributed by atoms with Crippen molar-refractivity contribution in [2.75, 3.05) is 11.9 Å². The van der Waals surface area contributed by atoms with Crippen LogP contribution in [0.4, 0.5) is 5.69 Å². The summed E-state index contributed by atoms with van der Waals surface area (Å²) in [6.45, 7) is 4.96. The van der Waals surface area contributed by atoms with Crippen LogP contribution in [0.1, 0.15) is 25.8 Å². The van der Waals surface area contributed by atoms with Gasteiger partial charge in [-0.1, -0.05) is 31.5 Å². The molecule has 1 aromatic rings. The predicted molar refractivity (Wildman–Crippen MR) is 62.6 cm³/mol. The van der Waals surface area contributed by atoms with Gasteiger partial charge >= 0.3 is 0 Å². The van der Waals surface area contributed by atoms with Gasteiger partial charge in [0.15, 0.2) is 0 Å². The van der Waals surface area contributed by atoms with Crippen LogP contribution in [0.2, 0.25) is 0 Å². The minimum atomic E-state index is 0.341. The van der Waals surface area contributed by atoms with Gasteiger partial charge in [0.2, 0.25) is 0 Å². The van der Waals surface area contributed by atoms with Gasteiger partial charge < -0.3 is 11.1 Å². The number of benzene rings is 1. The van der Waals surface area contributed by atoms with Gasteiger partial charge in [-0.25, -0.2) is 0 Å². The summed E-state index contributed by atoms with van der Waals surface area (Å²) in [6.07, 6.45) is 2.30. The summed E-state index contributed by atoms with van der Waals surface area (Å²) in [6, 6.07) is 8.79. The molecule has 0 saturated carbocycles. The first-order chi connectivity index (χ1) is 6.77. The summed E-state index contributed by atoms with van der Waals surface area (Å²) in [4.78, 5) is 0. The molecule has 0 aliphatic heterocycles. The Balaban J connectivity index is 2.73. The Labute approximate surface area is 86.5 Å². The van der Waals surface area contributed by atoms with Crippen LogP contribution >= 0.6 is 0 Å². The Kier molecular flexibility index (Phi) is 4.47. The molecule has 1 aromatic carbocycles. The highest BCUT2D eigenvalue weighted by atomic mass is 14.9. The van der Waals surface area contributed by atoms with Crippen LogP contribution in [0, 0.1) is 0 Å². The maximum Gasteiger partial charge on any atom is 0.0375 e. The SMILES string of the molecule is CCCc1ccccc1NC(C)CN. The molecule has 0 aliphatic rings. The third-order valence-corrected chi connectivity index (χ3v) is 2.29. The number of nitrogens with one attached hydrogen (secondary N) is 1. The maximum atomic E-state index is 5.58. The van der Waals surface area contributed by atoms with Crippen molar-refractivity contribution in [1.29, 1.82) is 0 Å². The van der Waals surface area contributed by atoms with Gasteiger partial charge in [0.25, 0.3) is 0 Å². The molecule has 0 spiro atoms. The van der Waals surface area contributed by atoms with Crippen molar-refractivity contribution < 1.29 is 0 Å². The lowest BCUT2D eigenvalue weighted by Gasteiger charge is -2.16. The van der Waals surface area contributed by atoms with E-state index in [1.54, 1.807) is 0 Å². The molecule has 0 aliphatic carbocycles. The summed E-state index contributed by atoms with van der Waals surface area (Å²) in [5.41, 5.74) is 8.19. The smallest absolute Gasteiger partial charge is 0.0375 e. The topological polar surface area (TPSA) is 38.0 Å². The lowest BCUT2D eigenvalue weighted by Crippen LogP contribution is -2.25. The molecule has 0 aromatic heterocycles. The minimum absolute atomic E-state index is 0.341. The third kappa shape index (κ3) is 3.04. The maximum absolute atomic E-state index is 5.58. The first kappa shape index (κ1) is 11.1. The molecule has 78 valence electrons. The molecule has 1 atom stereocenters. The van der Waals surface area contributed by atoms with Crippen LogP contribution in [0.25, 0.3) is 0 Å². The highest BCUT2D eigenvalue weighted by molar-refractivity contribution is 5.51. The van der Waals surface area contributed by atoms with E-state index in [4.69, 9.17) is 5.73 Å². The fourth-order valence-corrected chi connectivity index (χ4v) is 1.47. The van der Waals surface area contributed by atoms with Gasteiger partial charge in [0, 0.05) is 18.3 Å². The first-order valence-electron chi connectivity index (χ1n) is 5.32. The quantitative estimate of drug-likeness (QED) is 0.751. The average Bonchev–Trinajstić information content (AvgIpc) is 2.21. The van der Waals surface area contributed by atoms with Gasteiger partial charge in [-0.2, -0.15) is 0 Å². The Hall–Kier alpha value is -1.02. The van der Waals surface area contributed by atoms with E-state index < -0.39 is 0 Å². The molecule has 3 N–H and O–H groups in total. The van der Waals surface area contributed by atoms with E-state index in [1.165, 1.54) is 17.7 Å². The molecule has 1 unspecified atom stereocenters. The van der Waals surface area contributed by atoms with Crippen molar-refractivity contribution in [3.63, 3.8) is 0 Å². The fraction of sp³-hybridized carbons (Fsp3) is 0.500. The van der Waals surface area contributed by atoms with E-state index in [-0.39, 0.29) is 0 Å². The summed E-state index contributed by atoms with van der Waals surface area (Å²) in [5, 5.41) is 3.42. The van der Waals surface area contributed by atoms with E-state index in [9.17, 15) is 0 Å². The molecule has 14 heavy (non-hydrogen) atoms. The number of anilines is 1. The van der Waals surface area contributed by atoms with Crippen molar-refractivity contribution >= 4 is 5.69 Å². The standard InChI is InChI=1S/C12H20N2/c1-3-6-11-7-4-5-8-12(11)14-10(2)9-13/h4-5,7-8,10,14H,3,6,9,13H2,1-2H3. The van der Waals surface area contributed by atoms with E-state index in [2.05, 4.69) is 43.4 Å².